The summed E-state index contributed by atoms with van der Waals surface area (Å²) in [5.41, 5.74) is 0.685. The molecule has 1 heterocycles. The van der Waals surface area contributed by atoms with Crippen LogP contribution in [-0.4, -0.2) is 37.6 Å². The molecule has 7 nitrogen and oxygen atoms in total. The minimum atomic E-state index is -0.479. The highest BCUT2D eigenvalue weighted by atomic mass is 16.6. The molecule has 0 aliphatic carbocycles. The topological polar surface area (TPSA) is 93.5 Å². The molecule has 1 aromatic carbocycles. The predicted molar refractivity (Wildman–Crippen MR) is 78.5 cm³/mol. The average Bonchev–Trinajstić information content (AvgIpc) is 2.52. The van der Waals surface area contributed by atoms with Crippen molar-refractivity contribution < 1.29 is 14.5 Å². The quantitative estimate of drug-likeness (QED) is 0.637. The molecule has 114 valence electrons. The van der Waals surface area contributed by atoms with Crippen LogP contribution in [-0.2, 0) is 4.74 Å². The molecule has 2 N–H and O–H groups in total. The first kappa shape index (κ1) is 15.2. The summed E-state index contributed by atoms with van der Waals surface area (Å²) in [4.78, 5) is 22.5. The van der Waals surface area contributed by atoms with Gasteiger partial charge in [0.1, 0.15) is 5.69 Å². The van der Waals surface area contributed by atoms with Gasteiger partial charge >= 0.3 is 0 Å². The molecular formula is C14H19N3O4. The second kappa shape index (κ2) is 7.03. The van der Waals surface area contributed by atoms with E-state index < -0.39 is 4.92 Å². The Kier molecular flexibility index (Phi) is 5.10. The molecule has 1 fully saturated rings. The first-order valence-electron chi connectivity index (χ1n) is 6.94. The highest BCUT2D eigenvalue weighted by Crippen LogP contribution is 2.24. The highest BCUT2D eigenvalue weighted by molar-refractivity contribution is 5.95. The van der Waals surface area contributed by atoms with Gasteiger partial charge in [0, 0.05) is 31.8 Å². The van der Waals surface area contributed by atoms with Crippen molar-refractivity contribution in [3.05, 3.63) is 33.9 Å². The predicted octanol–water partition coefficient (Wildman–Crippen LogP) is 1.79. The zero-order valence-electron chi connectivity index (χ0n) is 11.9. The van der Waals surface area contributed by atoms with Crippen molar-refractivity contribution >= 4 is 17.3 Å². The maximum absolute atomic E-state index is 12.1. The number of carbonyl (C=O) groups is 1. The number of hydrogen-bond donors (Lipinski definition) is 2. The summed E-state index contributed by atoms with van der Waals surface area (Å²) in [6.07, 6.45) is 2.06. The van der Waals surface area contributed by atoms with Gasteiger partial charge in [-0.05, 0) is 30.9 Å². The van der Waals surface area contributed by atoms with Gasteiger partial charge in [-0.2, -0.15) is 0 Å². The molecule has 1 saturated heterocycles. The summed E-state index contributed by atoms with van der Waals surface area (Å²) in [6.45, 7) is 2.02. The molecule has 0 radical (unpaired) electrons. The average molecular weight is 293 g/mol. The third kappa shape index (κ3) is 3.91. The summed E-state index contributed by atoms with van der Waals surface area (Å²) >= 11 is 0. The van der Waals surface area contributed by atoms with Crippen molar-refractivity contribution in [3.8, 4) is 0 Å². The second-order valence-electron chi connectivity index (χ2n) is 5.03. The number of rotatable bonds is 5. The molecule has 2 rings (SSSR count). The largest absolute Gasteiger partial charge is 0.383 e. The van der Waals surface area contributed by atoms with E-state index >= 15 is 0 Å². The van der Waals surface area contributed by atoms with Crippen LogP contribution in [0.15, 0.2) is 18.2 Å². The van der Waals surface area contributed by atoms with Crippen LogP contribution >= 0.6 is 0 Å². The van der Waals surface area contributed by atoms with Crippen LogP contribution in [0.3, 0.4) is 0 Å². The Balaban J connectivity index is 2.00. The van der Waals surface area contributed by atoms with Crippen LogP contribution < -0.4 is 10.6 Å². The van der Waals surface area contributed by atoms with Gasteiger partial charge in [-0.25, -0.2) is 0 Å². The van der Waals surface area contributed by atoms with Crippen LogP contribution in [0.1, 0.15) is 23.2 Å². The Bertz CT molecular complexity index is 527. The number of nitro groups is 1. The first-order valence-corrected chi connectivity index (χ1v) is 6.94. The molecular weight excluding hydrogens is 274 g/mol. The second-order valence-corrected chi connectivity index (χ2v) is 5.03. The maximum atomic E-state index is 12.1. The van der Waals surface area contributed by atoms with Crippen LogP contribution in [0.2, 0.25) is 0 Å². The van der Waals surface area contributed by atoms with E-state index in [0.29, 0.717) is 30.3 Å². The van der Waals surface area contributed by atoms with E-state index in [4.69, 9.17) is 4.74 Å². The number of nitrogens with zero attached hydrogens (tertiary/aromatic N) is 1. The van der Waals surface area contributed by atoms with Gasteiger partial charge in [0.25, 0.3) is 11.6 Å². The summed E-state index contributed by atoms with van der Waals surface area (Å²) in [7, 11) is 1.59. The molecule has 1 amide bonds. The molecule has 0 aromatic heterocycles. The van der Waals surface area contributed by atoms with Gasteiger partial charge in [0.15, 0.2) is 0 Å². The lowest BCUT2D eigenvalue weighted by Gasteiger charge is -2.22. The molecule has 0 bridgehead atoms. The third-order valence-electron chi connectivity index (χ3n) is 3.53. The standard InChI is InChI=1S/C14H19N3O4/c1-15-12-7-11(4-5-13(12)17(19)20)14(18)16-8-10-3-2-6-21-9-10/h4-5,7,10,15H,2-3,6,8-9H2,1H3,(H,16,18). The smallest absolute Gasteiger partial charge is 0.292 e. The van der Waals surface area contributed by atoms with E-state index in [1.54, 1.807) is 7.05 Å². The summed E-state index contributed by atoms with van der Waals surface area (Å²) < 4.78 is 5.36. The number of hydrogen-bond acceptors (Lipinski definition) is 5. The number of amides is 1. The molecule has 1 aliphatic rings. The van der Waals surface area contributed by atoms with Crippen molar-refractivity contribution in [3.63, 3.8) is 0 Å². The van der Waals surface area contributed by atoms with E-state index in [1.807, 2.05) is 0 Å². The molecule has 0 spiro atoms. The molecule has 1 atom stereocenters. The zero-order valence-corrected chi connectivity index (χ0v) is 11.9. The number of nitrogens with one attached hydrogen (secondary N) is 2. The lowest BCUT2D eigenvalue weighted by Crippen LogP contribution is -2.33. The SMILES string of the molecule is CNc1cc(C(=O)NCC2CCCOC2)ccc1[N+](=O)[O-]. The van der Waals surface area contributed by atoms with Gasteiger partial charge in [-0.1, -0.05) is 0 Å². The van der Waals surface area contributed by atoms with E-state index in [-0.39, 0.29) is 11.6 Å². The van der Waals surface area contributed by atoms with Crippen molar-refractivity contribution in [2.45, 2.75) is 12.8 Å². The fourth-order valence-electron chi connectivity index (χ4n) is 2.34. The van der Waals surface area contributed by atoms with E-state index in [2.05, 4.69) is 10.6 Å². The lowest BCUT2D eigenvalue weighted by molar-refractivity contribution is -0.383. The van der Waals surface area contributed by atoms with E-state index in [9.17, 15) is 14.9 Å². The van der Waals surface area contributed by atoms with E-state index in [0.717, 1.165) is 19.4 Å². The minimum Gasteiger partial charge on any atom is -0.383 e. The summed E-state index contributed by atoms with van der Waals surface area (Å²) in [5.74, 6) is 0.108. The Labute approximate surface area is 122 Å². The Morgan fingerprint density at radius 3 is 2.95 bits per heavy atom. The molecule has 1 aromatic rings. The van der Waals surface area contributed by atoms with Crippen LogP contribution in [0.25, 0.3) is 0 Å². The zero-order chi connectivity index (χ0) is 15.2. The van der Waals surface area contributed by atoms with Crippen molar-refractivity contribution in [2.75, 3.05) is 32.1 Å². The maximum Gasteiger partial charge on any atom is 0.292 e. The van der Waals surface area contributed by atoms with Crippen molar-refractivity contribution in [1.29, 1.82) is 0 Å². The molecule has 0 saturated carbocycles. The fourth-order valence-corrected chi connectivity index (χ4v) is 2.34. The first-order chi connectivity index (χ1) is 10.1. The summed E-state index contributed by atoms with van der Waals surface area (Å²) in [5, 5.41) is 16.4. The lowest BCUT2D eigenvalue weighted by atomic mass is 10.0. The molecule has 1 aliphatic heterocycles. The van der Waals surface area contributed by atoms with Crippen LogP contribution in [0, 0.1) is 16.0 Å². The van der Waals surface area contributed by atoms with Crippen molar-refractivity contribution in [1.82, 2.24) is 5.32 Å². The number of benzene rings is 1. The number of ether oxygens (including phenoxy) is 1. The molecule has 1 unspecified atom stereocenters. The normalized spacial score (nSPS) is 18.0. The Hall–Kier alpha value is -2.15. The Morgan fingerprint density at radius 2 is 2.33 bits per heavy atom. The van der Waals surface area contributed by atoms with E-state index in [1.165, 1.54) is 18.2 Å². The van der Waals surface area contributed by atoms with Crippen LogP contribution in [0.5, 0.6) is 0 Å². The number of anilines is 1. The third-order valence-corrected chi connectivity index (χ3v) is 3.53. The number of carbonyl (C=O) groups excluding carboxylic acids is 1. The minimum absolute atomic E-state index is 0.0465. The fraction of sp³-hybridized carbons (Fsp3) is 0.500. The van der Waals surface area contributed by atoms with Crippen LogP contribution in [0.4, 0.5) is 11.4 Å². The monoisotopic (exact) mass is 293 g/mol. The summed E-state index contributed by atoms with van der Waals surface area (Å²) in [6, 6.07) is 4.29. The van der Waals surface area contributed by atoms with Gasteiger partial charge in [-0.15, -0.1) is 0 Å². The van der Waals surface area contributed by atoms with Gasteiger partial charge in [0.05, 0.1) is 11.5 Å². The molecule has 21 heavy (non-hydrogen) atoms. The number of nitro benzene ring substituents is 1. The van der Waals surface area contributed by atoms with Gasteiger partial charge in [0.2, 0.25) is 0 Å². The molecule has 7 heteroatoms. The highest BCUT2D eigenvalue weighted by Gasteiger charge is 2.18. The van der Waals surface area contributed by atoms with Gasteiger partial charge in [-0.3, -0.25) is 14.9 Å². The van der Waals surface area contributed by atoms with Gasteiger partial charge < -0.3 is 15.4 Å². The Morgan fingerprint density at radius 1 is 1.52 bits per heavy atom. The van der Waals surface area contributed by atoms with Crippen molar-refractivity contribution in [2.24, 2.45) is 5.92 Å².